The molecule has 5 N–H and O–H groups in total. The number of piperidine rings is 1. The number of carbonyl (C=O) groups is 3. The average molecular weight is 766 g/mol. The number of para-hydroxylation sites is 1. The van der Waals surface area contributed by atoms with E-state index in [4.69, 9.17) is 0 Å². The smallest absolute Gasteiger partial charge is 0.409 e. The molecule has 0 aromatic heterocycles. The third-order valence-electron chi connectivity index (χ3n) is 9.05. The Bertz CT molecular complexity index is 1460. The molecule has 1 fully saturated rings. The van der Waals surface area contributed by atoms with Crippen LogP contribution in [-0.2, 0) is 4.79 Å². The minimum absolute atomic E-state index is 0. The van der Waals surface area contributed by atoms with Crippen LogP contribution >= 0.6 is 37.2 Å². The van der Waals surface area contributed by atoms with Crippen LogP contribution in [0.4, 0.5) is 16.2 Å². The number of nitrogens with zero attached hydrogens (tertiary/aromatic N) is 2. The molecule has 0 unspecified atom stereocenters. The maximum absolute atomic E-state index is 12.8. The second kappa shape index (κ2) is 24.6. The lowest BCUT2D eigenvalue weighted by Crippen LogP contribution is -2.40. The van der Waals surface area contributed by atoms with E-state index in [0.717, 1.165) is 93.6 Å². The van der Waals surface area contributed by atoms with Crippen molar-refractivity contribution in [3.05, 3.63) is 83.9 Å². The highest BCUT2D eigenvalue weighted by atomic mass is 35.5. The summed E-state index contributed by atoms with van der Waals surface area (Å²) in [5, 5.41) is 21.7. The number of rotatable bonds is 18. The van der Waals surface area contributed by atoms with Crippen molar-refractivity contribution in [3.63, 3.8) is 0 Å². The molecule has 0 aliphatic carbocycles. The SMILES string of the molecule is CNCCCNC(=O)c1ccc(NCCCCCC(=O)N(C)CCN2CCC(c3cccc(-c4ccccc4)c3NC(=O)O)CC2)cc1.Cl.Cl.Cl. The summed E-state index contributed by atoms with van der Waals surface area (Å²) in [5.74, 6) is 0.396. The number of amides is 3. The maximum atomic E-state index is 12.8. The predicted molar refractivity (Wildman–Crippen MR) is 216 cm³/mol. The molecule has 0 bridgehead atoms. The summed E-state index contributed by atoms with van der Waals surface area (Å²) in [6, 6.07) is 23.5. The molecule has 0 radical (unpaired) electrons. The standard InChI is InChI=1S/C38H52N6O4.3ClH/c1-39-22-10-24-41-37(46)31-16-18-32(19-17-31)40-23-8-4-7-15-35(45)43(2)27-28-44-25-20-30(21-26-44)34-14-9-13-33(36(34)42-38(47)48)29-11-5-3-6-12-29;;;/h3,5-6,9,11-14,16-19,30,39-40,42H,4,7-8,10,15,20-28H2,1-2H3,(H,41,46)(H,47,48);3*1H. The van der Waals surface area contributed by atoms with Crippen molar-refractivity contribution < 1.29 is 19.5 Å². The zero-order valence-electron chi connectivity index (χ0n) is 29.7. The number of unbranched alkanes of at least 4 members (excludes halogenated alkanes) is 2. The van der Waals surface area contributed by atoms with E-state index < -0.39 is 6.09 Å². The Morgan fingerprint density at radius 1 is 0.824 bits per heavy atom. The van der Waals surface area contributed by atoms with Crippen LogP contribution in [0.25, 0.3) is 11.1 Å². The Balaban J connectivity index is 0.00000433. The summed E-state index contributed by atoms with van der Waals surface area (Å²) in [6.07, 6.45) is 5.07. The monoisotopic (exact) mass is 764 g/mol. The number of anilines is 2. The number of hydrogen-bond donors (Lipinski definition) is 5. The molecule has 1 heterocycles. The van der Waals surface area contributed by atoms with E-state index in [1.807, 2.05) is 91.8 Å². The highest BCUT2D eigenvalue weighted by Gasteiger charge is 2.25. The van der Waals surface area contributed by atoms with Crippen molar-refractivity contribution in [1.82, 2.24) is 20.4 Å². The maximum Gasteiger partial charge on any atom is 0.409 e. The highest BCUT2D eigenvalue weighted by molar-refractivity contribution is 5.94. The molecule has 13 heteroatoms. The van der Waals surface area contributed by atoms with Crippen LogP contribution in [0.5, 0.6) is 0 Å². The summed E-state index contributed by atoms with van der Waals surface area (Å²) >= 11 is 0. The van der Waals surface area contributed by atoms with E-state index >= 15 is 0 Å². The minimum atomic E-state index is -1.05. The molecule has 1 aliphatic heterocycles. The molecule has 1 aliphatic rings. The fourth-order valence-electron chi connectivity index (χ4n) is 6.21. The molecular weight excluding hydrogens is 711 g/mol. The Morgan fingerprint density at radius 3 is 2.20 bits per heavy atom. The Kier molecular flexibility index (Phi) is 21.9. The average Bonchev–Trinajstić information content (AvgIpc) is 3.11. The lowest BCUT2D eigenvalue weighted by molar-refractivity contribution is -0.130. The quantitative estimate of drug-likeness (QED) is 0.0858. The van der Waals surface area contributed by atoms with Crippen LogP contribution in [0.1, 0.15) is 66.8 Å². The Hall–Kier alpha value is -3.54. The van der Waals surface area contributed by atoms with Gasteiger partial charge in [-0.1, -0.05) is 55.0 Å². The van der Waals surface area contributed by atoms with Crippen molar-refractivity contribution in [3.8, 4) is 11.1 Å². The molecule has 0 atom stereocenters. The number of nitrogens with one attached hydrogen (secondary N) is 4. The topological polar surface area (TPSA) is 126 Å². The van der Waals surface area contributed by atoms with Gasteiger partial charge < -0.3 is 30.9 Å². The summed E-state index contributed by atoms with van der Waals surface area (Å²) < 4.78 is 0. The first-order chi connectivity index (χ1) is 23.4. The van der Waals surface area contributed by atoms with Gasteiger partial charge in [-0.3, -0.25) is 14.9 Å². The second-order valence-corrected chi connectivity index (χ2v) is 12.5. The van der Waals surface area contributed by atoms with Crippen LogP contribution < -0.4 is 21.3 Å². The summed E-state index contributed by atoms with van der Waals surface area (Å²) in [7, 11) is 3.79. The van der Waals surface area contributed by atoms with Crippen molar-refractivity contribution in [2.45, 2.75) is 50.9 Å². The first-order valence-electron chi connectivity index (χ1n) is 17.3. The van der Waals surface area contributed by atoms with E-state index in [2.05, 4.69) is 26.2 Å². The van der Waals surface area contributed by atoms with Crippen molar-refractivity contribution in [2.24, 2.45) is 0 Å². The molecule has 3 aromatic rings. The highest BCUT2D eigenvalue weighted by Crippen LogP contribution is 2.39. The van der Waals surface area contributed by atoms with E-state index in [1.54, 1.807) is 0 Å². The number of benzene rings is 3. The third-order valence-corrected chi connectivity index (χ3v) is 9.05. The van der Waals surface area contributed by atoms with Crippen LogP contribution in [0, 0.1) is 0 Å². The fourth-order valence-corrected chi connectivity index (χ4v) is 6.21. The molecule has 1 saturated heterocycles. The van der Waals surface area contributed by atoms with Gasteiger partial charge in [0.05, 0.1) is 5.69 Å². The van der Waals surface area contributed by atoms with Crippen LogP contribution in [-0.4, -0.2) is 92.7 Å². The van der Waals surface area contributed by atoms with Crippen molar-refractivity contribution in [1.29, 1.82) is 0 Å². The van der Waals surface area contributed by atoms with Gasteiger partial charge in [-0.15, -0.1) is 37.2 Å². The molecule has 51 heavy (non-hydrogen) atoms. The first-order valence-corrected chi connectivity index (χ1v) is 17.3. The number of carboxylic acid groups (broad SMARTS) is 1. The molecule has 3 amide bonds. The van der Waals surface area contributed by atoms with E-state index in [-0.39, 0.29) is 55.0 Å². The zero-order valence-corrected chi connectivity index (χ0v) is 32.1. The molecule has 0 saturated carbocycles. The van der Waals surface area contributed by atoms with Gasteiger partial charge in [0.25, 0.3) is 5.91 Å². The summed E-state index contributed by atoms with van der Waals surface area (Å²) in [5.41, 5.74) is 5.27. The normalized spacial score (nSPS) is 12.7. The van der Waals surface area contributed by atoms with Gasteiger partial charge in [0.2, 0.25) is 5.91 Å². The predicted octanol–water partition coefficient (Wildman–Crippen LogP) is 7.36. The van der Waals surface area contributed by atoms with Gasteiger partial charge in [-0.2, -0.15) is 0 Å². The lowest BCUT2D eigenvalue weighted by Gasteiger charge is -2.34. The molecule has 282 valence electrons. The third kappa shape index (κ3) is 14.9. The summed E-state index contributed by atoms with van der Waals surface area (Å²) in [6.45, 7) is 5.70. The van der Waals surface area contributed by atoms with Crippen molar-refractivity contribution >= 4 is 66.5 Å². The summed E-state index contributed by atoms with van der Waals surface area (Å²) in [4.78, 5) is 40.9. The van der Waals surface area contributed by atoms with Crippen LogP contribution in [0.15, 0.2) is 72.8 Å². The largest absolute Gasteiger partial charge is 0.465 e. The zero-order chi connectivity index (χ0) is 34.1. The van der Waals surface area contributed by atoms with E-state index in [0.29, 0.717) is 30.8 Å². The van der Waals surface area contributed by atoms with Gasteiger partial charge in [0.1, 0.15) is 0 Å². The molecule has 10 nitrogen and oxygen atoms in total. The molecule has 0 spiro atoms. The molecule has 4 rings (SSSR count). The van der Waals surface area contributed by atoms with Crippen LogP contribution in [0.2, 0.25) is 0 Å². The number of likely N-dealkylation sites (N-methyl/N-ethyl adjacent to an activating group) is 1. The molecule has 3 aromatic carbocycles. The first kappa shape index (κ1) is 45.5. The number of hydrogen-bond acceptors (Lipinski definition) is 6. The van der Waals surface area contributed by atoms with Gasteiger partial charge in [-0.25, -0.2) is 4.79 Å². The van der Waals surface area contributed by atoms with Gasteiger partial charge >= 0.3 is 6.09 Å². The number of carbonyl (C=O) groups excluding carboxylic acids is 2. The lowest BCUT2D eigenvalue weighted by atomic mass is 9.86. The van der Waals surface area contributed by atoms with Crippen molar-refractivity contribution in [2.75, 3.05) is 70.5 Å². The van der Waals surface area contributed by atoms with E-state index in [9.17, 15) is 19.5 Å². The van der Waals surface area contributed by atoms with Gasteiger partial charge in [0.15, 0.2) is 0 Å². The fraction of sp³-hybridized carbons (Fsp3) is 0.447. The molecular formula is C38H55Cl3N6O4. The van der Waals surface area contributed by atoms with Gasteiger partial charge in [-0.05, 0) is 100 Å². The van der Waals surface area contributed by atoms with E-state index in [1.165, 1.54) is 0 Å². The van der Waals surface area contributed by atoms with Crippen LogP contribution in [0.3, 0.4) is 0 Å². The Labute approximate surface area is 321 Å². The van der Waals surface area contributed by atoms with Gasteiger partial charge in [0, 0.05) is 56.5 Å². The number of likely N-dealkylation sites (tertiary alicyclic amines) is 1. The Morgan fingerprint density at radius 2 is 1.53 bits per heavy atom. The number of halogens is 3. The minimum Gasteiger partial charge on any atom is -0.465 e. The second-order valence-electron chi connectivity index (χ2n) is 12.5.